The Morgan fingerprint density at radius 1 is 1.45 bits per heavy atom. The van der Waals surface area contributed by atoms with E-state index in [1.165, 1.54) is 0 Å². The van der Waals surface area contributed by atoms with Gasteiger partial charge in [-0.2, -0.15) is 11.8 Å². The van der Waals surface area contributed by atoms with Crippen molar-refractivity contribution in [2.45, 2.75) is 18.6 Å². The van der Waals surface area contributed by atoms with E-state index in [9.17, 15) is 4.79 Å². The summed E-state index contributed by atoms with van der Waals surface area (Å²) in [5.41, 5.74) is 6.27. The summed E-state index contributed by atoms with van der Waals surface area (Å²) in [5, 5.41) is 5.23. The second-order valence-corrected chi connectivity index (χ2v) is 5.98. The Bertz CT molecular complexity index is 615. The van der Waals surface area contributed by atoms with Crippen molar-refractivity contribution in [2.24, 2.45) is 0 Å². The molecule has 1 aromatic carbocycles. The molecule has 0 spiro atoms. The lowest BCUT2D eigenvalue weighted by Gasteiger charge is -2.10. The zero-order chi connectivity index (χ0) is 14.5. The van der Waals surface area contributed by atoms with Gasteiger partial charge in [-0.25, -0.2) is 4.98 Å². The number of nitrogens with one attached hydrogen (secondary N) is 1. The zero-order valence-electron chi connectivity index (χ0n) is 11.7. The minimum Gasteiger partial charge on any atom is -0.383 e. The first kappa shape index (κ1) is 14.7. The number of carbonyl (C=O) groups is 1. The molecule has 0 aliphatic rings. The van der Waals surface area contributed by atoms with Gasteiger partial charge < -0.3 is 11.1 Å². The Hall–Kier alpha value is -1.75. The normalized spacial score (nSPS) is 12.3. The van der Waals surface area contributed by atoms with Crippen molar-refractivity contribution in [2.75, 3.05) is 18.5 Å². The van der Waals surface area contributed by atoms with Crippen LogP contribution >= 0.6 is 11.8 Å². The molecule has 3 N–H and O–H groups in total. The van der Waals surface area contributed by atoms with Crippen molar-refractivity contribution in [1.82, 2.24) is 10.3 Å². The predicted octanol–water partition coefficient (Wildman–Crippen LogP) is 2.69. The van der Waals surface area contributed by atoms with Crippen LogP contribution in [0.5, 0.6) is 0 Å². The molecule has 4 nitrogen and oxygen atoms in total. The molecule has 5 heteroatoms. The maximum absolute atomic E-state index is 12.1. The number of nitrogen functional groups attached to an aromatic ring is 1. The third-order valence-corrected chi connectivity index (χ3v) is 4.28. The maximum atomic E-state index is 12.1. The number of rotatable bonds is 5. The largest absolute Gasteiger partial charge is 0.383 e. The number of pyridine rings is 1. The van der Waals surface area contributed by atoms with Crippen LogP contribution in [0.1, 0.15) is 23.8 Å². The first-order valence-electron chi connectivity index (χ1n) is 6.58. The van der Waals surface area contributed by atoms with Crippen molar-refractivity contribution < 1.29 is 4.79 Å². The predicted molar refractivity (Wildman–Crippen MR) is 86.1 cm³/mol. The van der Waals surface area contributed by atoms with Gasteiger partial charge >= 0.3 is 0 Å². The highest BCUT2D eigenvalue weighted by Crippen LogP contribution is 2.19. The van der Waals surface area contributed by atoms with Crippen molar-refractivity contribution in [3.8, 4) is 0 Å². The fourth-order valence-electron chi connectivity index (χ4n) is 1.94. The van der Waals surface area contributed by atoms with Crippen LogP contribution in [0.4, 0.5) is 5.82 Å². The van der Waals surface area contributed by atoms with Gasteiger partial charge in [-0.15, -0.1) is 0 Å². The quantitative estimate of drug-likeness (QED) is 0.888. The van der Waals surface area contributed by atoms with E-state index in [2.05, 4.69) is 23.5 Å². The average Bonchev–Trinajstić information content (AvgIpc) is 2.46. The monoisotopic (exact) mass is 289 g/mol. The molecule has 1 aromatic heterocycles. The summed E-state index contributed by atoms with van der Waals surface area (Å²) in [6, 6.07) is 9.44. The molecule has 106 valence electrons. The molecule has 1 unspecified atom stereocenters. The third-order valence-electron chi connectivity index (χ3n) is 3.24. The van der Waals surface area contributed by atoms with Crippen LogP contribution in [-0.4, -0.2) is 28.9 Å². The Morgan fingerprint density at radius 3 is 2.95 bits per heavy atom. The van der Waals surface area contributed by atoms with Crippen molar-refractivity contribution in [3.63, 3.8) is 0 Å². The summed E-state index contributed by atoms with van der Waals surface area (Å²) >= 11 is 1.79. The van der Waals surface area contributed by atoms with Crippen LogP contribution in [0.15, 0.2) is 30.3 Å². The van der Waals surface area contributed by atoms with E-state index >= 15 is 0 Å². The number of carbonyl (C=O) groups excluding carboxylic acids is 1. The first-order valence-corrected chi connectivity index (χ1v) is 7.87. The van der Waals surface area contributed by atoms with Crippen LogP contribution in [0, 0.1) is 0 Å². The van der Waals surface area contributed by atoms with Gasteiger partial charge in [-0.1, -0.05) is 31.2 Å². The van der Waals surface area contributed by atoms with Gasteiger partial charge in [0.1, 0.15) is 11.5 Å². The minimum absolute atomic E-state index is 0.171. The molecular weight excluding hydrogens is 270 g/mol. The van der Waals surface area contributed by atoms with E-state index in [1.54, 1.807) is 17.8 Å². The summed E-state index contributed by atoms with van der Waals surface area (Å²) in [7, 11) is 0. The molecule has 0 aliphatic carbocycles. The summed E-state index contributed by atoms with van der Waals surface area (Å²) in [5.74, 6) is 0.224. The Kier molecular flexibility index (Phi) is 4.84. The van der Waals surface area contributed by atoms with E-state index in [0.29, 0.717) is 23.3 Å². The molecule has 2 aromatic rings. The molecule has 1 heterocycles. The number of nitrogens with two attached hydrogens (primary N) is 1. The van der Waals surface area contributed by atoms with Crippen LogP contribution in [0.2, 0.25) is 0 Å². The number of benzene rings is 1. The summed E-state index contributed by atoms with van der Waals surface area (Å²) in [6.07, 6.45) is 3.01. The van der Waals surface area contributed by atoms with Gasteiger partial charge in [0.05, 0.1) is 0 Å². The average molecular weight is 289 g/mol. The molecule has 2 rings (SSSR count). The minimum atomic E-state index is -0.171. The lowest BCUT2D eigenvalue weighted by atomic mass is 10.1. The Labute approximate surface area is 123 Å². The van der Waals surface area contributed by atoms with Crippen molar-refractivity contribution in [1.29, 1.82) is 0 Å². The van der Waals surface area contributed by atoms with Gasteiger partial charge in [0.2, 0.25) is 0 Å². The number of fused-ring (bicyclic) bond motifs is 1. The van der Waals surface area contributed by atoms with E-state index < -0.39 is 0 Å². The molecule has 0 fully saturated rings. The summed E-state index contributed by atoms with van der Waals surface area (Å²) in [6.45, 7) is 2.79. The van der Waals surface area contributed by atoms with Crippen LogP contribution < -0.4 is 11.1 Å². The number of hydrogen-bond acceptors (Lipinski definition) is 4. The molecule has 0 saturated carbocycles. The zero-order valence-corrected chi connectivity index (χ0v) is 12.5. The van der Waals surface area contributed by atoms with Crippen LogP contribution in [-0.2, 0) is 0 Å². The number of hydrogen-bond donors (Lipinski definition) is 2. The van der Waals surface area contributed by atoms with E-state index in [1.807, 2.05) is 24.3 Å². The number of thioether (sulfide) groups is 1. The SMILES string of the molecule is CSC(C)CCNC(=O)c1cc2ccccc2c(N)n1. The molecule has 1 amide bonds. The van der Waals surface area contributed by atoms with E-state index in [0.717, 1.165) is 17.2 Å². The standard InChI is InChI=1S/C15H19N3OS/c1-10(20-2)7-8-17-15(19)13-9-11-5-3-4-6-12(11)14(16)18-13/h3-6,9-10H,7-8H2,1-2H3,(H2,16,18)(H,17,19). The smallest absolute Gasteiger partial charge is 0.269 e. The van der Waals surface area contributed by atoms with Crippen molar-refractivity contribution >= 4 is 34.3 Å². The second-order valence-electron chi connectivity index (χ2n) is 4.70. The van der Waals surface area contributed by atoms with Crippen LogP contribution in [0.25, 0.3) is 10.8 Å². The van der Waals surface area contributed by atoms with E-state index in [-0.39, 0.29) is 5.91 Å². The van der Waals surface area contributed by atoms with Crippen molar-refractivity contribution in [3.05, 3.63) is 36.0 Å². The summed E-state index contributed by atoms with van der Waals surface area (Å²) < 4.78 is 0. The topological polar surface area (TPSA) is 68.0 Å². The van der Waals surface area contributed by atoms with E-state index in [4.69, 9.17) is 5.73 Å². The first-order chi connectivity index (χ1) is 9.61. The molecule has 1 atom stereocenters. The molecule has 0 radical (unpaired) electrons. The fourth-order valence-corrected chi connectivity index (χ4v) is 2.29. The molecule has 0 aliphatic heterocycles. The lowest BCUT2D eigenvalue weighted by Crippen LogP contribution is -2.27. The molecule has 0 saturated heterocycles. The highest BCUT2D eigenvalue weighted by atomic mass is 32.2. The fraction of sp³-hybridized carbons (Fsp3) is 0.333. The maximum Gasteiger partial charge on any atom is 0.269 e. The Morgan fingerprint density at radius 2 is 2.20 bits per heavy atom. The molecular formula is C15H19N3OS. The summed E-state index contributed by atoms with van der Waals surface area (Å²) in [4.78, 5) is 16.3. The Balaban J connectivity index is 2.10. The number of aromatic nitrogens is 1. The highest BCUT2D eigenvalue weighted by Gasteiger charge is 2.10. The lowest BCUT2D eigenvalue weighted by molar-refractivity contribution is 0.0948. The number of anilines is 1. The van der Waals surface area contributed by atoms with Gasteiger partial charge in [0.15, 0.2) is 0 Å². The van der Waals surface area contributed by atoms with Gasteiger partial charge in [-0.05, 0) is 24.1 Å². The van der Waals surface area contributed by atoms with Gasteiger partial charge in [0, 0.05) is 17.2 Å². The third kappa shape index (κ3) is 3.42. The molecule has 20 heavy (non-hydrogen) atoms. The number of nitrogens with zero attached hydrogens (tertiary/aromatic N) is 1. The van der Waals surface area contributed by atoms with Gasteiger partial charge in [0.25, 0.3) is 5.91 Å². The molecule has 0 bridgehead atoms. The van der Waals surface area contributed by atoms with Gasteiger partial charge in [-0.3, -0.25) is 4.79 Å². The van der Waals surface area contributed by atoms with Crippen LogP contribution in [0.3, 0.4) is 0 Å². The number of amides is 1. The second kappa shape index (κ2) is 6.61. The highest BCUT2D eigenvalue weighted by molar-refractivity contribution is 7.99.